The summed E-state index contributed by atoms with van der Waals surface area (Å²) >= 11 is 0. The van der Waals surface area contributed by atoms with Gasteiger partial charge in [0.1, 0.15) is 21.8 Å². The summed E-state index contributed by atoms with van der Waals surface area (Å²) in [5, 5.41) is 9.11. The minimum absolute atomic E-state index is 0.0912. The molecular formula is C11H19B2O7P. The van der Waals surface area contributed by atoms with E-state index in [1.54, 1.807) is 0 Å². The van der Waals surface area contributed by atoms with Crippen molar-refractivity contribution in [3.63, 3.8) is 0 Å². The number of phosphoric ester groups is 1. The molecule has 21 heavy (non-hydrogen) atoms. The van der Waals surface area contributed by atoms with Crippen LogP contribution < -0.4 is 0 Å². The van der Waals surface area contributed by atoms with Gasteiger partial charge in [0.05, 0.1) is 25.4 Å². The number of rotatable bonds is 6. The summed E-state index contributed by atoms with van der Waals surface area (Å²) in [6.07, 6.45) is -0.993. The zero-order chi connectivity index (χ0) is 15.6. The van der Waals surface area contributed by atoms with Gasteiger partial charge in [-0.15, -0.1) is 0 Å². The Morgan fingerprint density at radius 2 is 1.86 bits per heavy atom. The second kappa shape index (κ2) is 7.13. The van der Waals surface area contributed by atoms with E-state index >= 15 is 0 Å². The number of hydrogen-bond donors (Lipinski definition) is 2. The Hall–Kier alpha value is 0.120. The molecule has 2 N–H and O–H groups in total. The molecule has 0 bridgehead atoms. The van der Waals surface area contributed by atoms with Crippen LogP contribution in [-0.2, 0) is 23.1 Å². The maximum atomic E-state index is 11.9. The molecule has 0 aromatic rings. The fraction of sp³-hybridized carbons (Fsp3) is 1.00. The average molecular weight is 316 g/mol. The molecular weight excluding hydrogens is 297 g/mol. The minimum atomic E-state index is -4.28. The van der Waals surface area contributed by atoms with Crippen LogP contribution in [-0.4, -0.2) is 69.2 Å². The highest BCUT2D eigenvalue weighted by Gasteiger charge is 2.39. The number of aliphatic hydroxyl groups excluding tert-OH is 1. The van der Waals surface area contributed by atoms with Gasteiger partial charge in [-0.05, 0) is 18.8 Å². The van der Waals surface area contributed by atoms with Crippen LogP contribution in [0.15, 0.2) is 0 Å². The summed E-state index contributed by atoms with van der Waals surface area (Å²) in [6, 6.07) is -1.02. The highest BCUT2D eigenvalue weighted by atomic mass is 31.2. The van der Waals surface area contributed by atoms with Crippen molar-refractivity contribution in [2.75, 3.05) is 13.2 Å². The zero-order valence-electron chi connectivity index (χ0n) is 11.8. The van der Waals surface area contributed by atoms with E-state index in [9.17, 15) is 9.46 Å². The Kier molecular flexibility index (Phi) is 5.93. The Labute approximate surface area is 126 Å². The van der Waals surface area contributed by atoms with Gasteiger partial charge in [-0.2, -0.15) is 0 Å². The molecule has 2 rings (SSSR count). The van der Waals surface area contributed by atoms with Gasteiger partial charge in [-0.3, -0.25) is 9.05 Å². The topological polar surface area (TPSA) is 94.5 Å². The van der Waals surface area contributed by atoms with Crippen molar-refractivity contribution in [2.24, 2.45) is 5.92 Å². The molecule has 116 valence electrons. The first kappa shape index (κ1) is 17.5. The van der Waals surface area contributed by atoms with E-state index in [0.717, 1.165) is 0 Å². The molecule has 0 amide bonds. The van der Waals surface area contributed by atoms with E-state index in [2.05, 4.69) is 0 Å². The van der Waals surface area contributed by atoms with Crippen molar-refractivity contribution in [1.82, 2.24) is 0 Å². The summed E-state index contributed by atoms with van der Waals surface area (Å²) < 4.78 is 32.4. The molecule has 0 saturated carbocycles. The van der Waals surface area contributed by atoms with Crippen molar-refractivity contribution >= 4 is 23.5 Å². The van der Waals surface area contributed by atoms with Gasteiger partial charge in [0.2, 0.25) is 0 Å². The highest BCUT2D eigenvalue weighted by Crippen LogP contribution is 2.47. The van der Waals surface area contributed by atoms with Gasteiger partial charge in [0.15, 0.2) is 0 Å². The predicted molar refractivity (Wildman–Crippen MR) is 75.0 cm³/mol. The smallest absolute Gasteiger partial charge is 0.394 e. The van der Waals surface area contributed by atoms with E-state index in [0.29, 0.717) is 6.42 Å². The van der Waals surface area contributed by atoms with Gasteiger partial charge in [0.25, 0.3) is 0 Å². The van der Waals surface area contributed by atoms with Crippen LogP contribution >= 0.6 is 7.82 Å². The van der Waals surface area contributed by atoms with E-state index in [1.807, 2.05) is 6.92 Å². The van der Waals surface area contributed by atoms with Crippen LogP contribution in [0.4, 0.5) is 0 Å². The van der Waals surface area contributed by atoms with Crippen molar-refractivity contribution in [2.45, 2.75) is 50.1 Å². The fourth-order valence-electron chi connectivity index (χ4n) is 2.53. The normalized spacial score (nSPS) is 43.0. The molecule has 4 radical (unpaired) electrons. The number of aliphatic hydroxyl groups is 1. The standard InChI is InChI=1S/C11H19B2O7P/c1-6-2-10(12)19-9(6)5-17-21(15,16)20-7-3-11(13)18-8(7)4-14/h6-11,14H,2-5H2,1H3,(H,15,16). The van der Waals surface area contributed by atoms with Gasteiger partial charge < -0.3 is 19.5 Å². The van der Waals surface area contributed by atoms with Gasteiger partial charge in [-0.25, -0.2) is 4.57 Å². The van der Waals surface area contributed by atoms with Crippen LogP contribution in [0.5, 0.6) is 0 Å². The van der Waals surface area contributed by atoms with Crippen LogP contribution in [0.1, 0.15) is 19.8 Å². The molecule has 2 heterocycles. The molecule has 0 aromatic heterocycles. The Bertz CT molecular complexity index is 399. The first-order chi connectivity index (χ1) is 9.80. The number of hydrogen-bond acceptors (Lipinski definition) is 6. The van der Waals surface area contributed by atoms with Crippen molar-refractivity contribution in [1.29, 1.82) is 0 Å². The predicted octanol–water partition coefficient (Wildman–Crippen LogP) is -0.316. The quantitative estimate of drug-likeness (QED) is 0.512. The van der Waals surface area contributed by atoms with E-state index in [-0.39, 0.29) is 37.7 Å². The largest absolute Gasteiger partial charge is 0.472 e. The molecule has 0 aliphatic carbocycles. The SMILES string of the molecule is [B]C1CC(C)C(COP(=O)(O)OC2CC([B])OC2CO)O1. The Balaban J connectivity index is 1.83. The summed E-state index contributed by atoms with van der Waals surface area (Å²) in [5.41, 5.74) is 0. The molecule has 2 aliphatic heterocycles. The van der Waals surface area contributed by atoms with Crippen molar-refractivity contribution in [3.05, 3.63) is 0 Å². The first-order valence-corrected chi connectivity index (χ1v) is 8.39. The minimum Gasteiger partial charge on any atom is -0.394 e. The number of phosphoric acid groups is 1. The maximum absolute atomic E-state index is 11.9. The van der Waals surface area contributed by atoms with Crippen LogP contribution in [0.25, 0.3) is 0 Å². The van der Waals surface area contributed by atoms with E-state index in [1.165, 1.54) is 0 Å². The van der Waals surface area contributed by atoms with Gasteiger partial charge in [0, 0.05) is 12.0 Å². The lowest BCUT2D eigenvalue weighted by Gasteiger charge is -2.22. The molecule has 0 aromatic carbocycles. The maximum Gasteiger partial charge on any atom is 0.472 e. The molecule has 0 spiro atoms. The van der Waals surface area contributed by atoms with E-state index in [4.69, 9.17) is 39.3 Å². The molecule has 10 heteroatoms. The third-order valence-corrected chi connectivity index (χ3v) is 4.68. The highest BCUT2D eigenvalue weighted by molar-refractivity contribution is 7.47. The molecule has 2 saturated heterocycles. The fourth-order valence-corrected chi connectivity index (χ4v) is 3.49. The van der Waals surface area contributed by atoms with Gasteiger partial charge >= 0.3 is 7.82 Å². The van der Waals surface area contributed by atoms with Crippen molar-refractivity contribution in [3.8, 4) is 0 Å². The monoisotopic (exact) mass is 316 g/mol. The zero-order valence-corrected chi connectivity index (χ0v) is 12.7. The summed E-state index contributed by atoms with van der Waals surface area (Å²) in [6.45, 7) is 1.48. The second-order valence-corrected chi connectivity index (χ2v) is 6.87. The summed E-state index contributed by atoms with van der Waals surface area (Å²) in [7, 11) is 6.91. The average Bonchev–Trinajstić information content (AvgIpc) is 2.88. The third kappa shape index (κ3) is 4.79. The molecule has 7 unspecified atom stereocenters. The number of ether oxygens (including phenoxy) is 2. The van der Waals surface area contributed by atoms with Crippen molar-refractivity contribution < 1.29 is 33.1 Å². The van der Waals surface area contributed by atoms with E-state index < -0.39 is 26.0 Å². The van der Waals surface area contributed by atoms with Crippen LogP contribution in [0, 0.1) is 5.92 Å². The Morgan fingerprint density at radius 3 is 2.43 bits per heavy atom. The second-order valence-electron chi connectivity index (χ2n) is 5.47. The summed E-state index contributed by atoms with van der Waals surface area (Å²) in [4.78, 5) is 9.73. The molecule has 2 fully saturated rings. The lowest BCUT2D eigenvalue weighted by atomic mass is 9.92. The molecule has 7 atom stereocenters. The van der Waals surface area contributed by atoms with Crippen LogP contribution in [0.3, 0.4) is 0 Å². The summed E-state index contributed by atoms with van der Waals surface area (Å²) in [5.74, 6) is 0.133. The third-order valence-electron chi connectivity index (χ3n) is 3.67. The van der Waals surface area contributed by atoms with Gasteiger partial charge in [-0.1, -0.05) is 6.92 Å². The lowest BCUT2D eigenvalue weighted by molar-refractivity contribution is -0.0162. The molecule has 7 nitrogen and oxygen atoms in total. The molecule has 2 aliphatic rings. The Morgan fingerprint density at radius 1 is 1.24 bits per heavy atom. The first-order valence-electron chi connectivity index (χ1n) is 6.89. The van der Waals surface area contributed by atoms with Crippen LogP contribution in [0.2, 0.25) is 0 Å². The lowest BCUT2D eigenvalue weighted by Crippen LogP contribution is -2.28.